The maximum atomic E-state index is 4.25. The summed E-state index contributed by atoms with van der Waals surface area (Å²) in [5.74, 6) is 8.62. The third-order valence-corrected chi connectivity index (χ3v) is 11.5. The second-order valence-electron chi connectivity index (χ2n) is 12.6. The Hall–Kier alpha value is -0.460. The van der Waals surface area contributed by atoms with Gasteiger partial charge >= 0.3 is 0 Å². The number of hydrogen-bond donors (Lipinski definition) is 0. The minimum absolute atomic E-state index is 0.850. The molecule has 5 aliphatic carbocycles. The molecule has 30 heavy (non-hydrogen) atoms. The fourth-order valence-corrected chi connectivity index (χ4v) is 10.5. The van der Waals surface area contributed by atoms with Crippen molar-refractivity contribution in [1.82, 2.24) is 4.90 Å². The Morgan fingerprint density at radius 2 is 1.20 bits per heavy atom. The highest BCUT2D eigenvalue weighted by atomic mass is 15.2. The Balaban J connectivity index is 1.19. The molecule has 6 rings (SSSR count). The lowest BCUT2D eigenvalue weighted by atomic mass is 9.53. The van der Waals surface area contributed by atoms with Gasteiger partial charge in [-0.05, 0) is 111 Å². The van der Waals surface area contributed by atoms with Crippen molar-refractivity contribution >= 4 is 0 Å². The molecule has 0 aromatic carbocycles. The Morgan fingerprint density at radius 1 is 0.600 bits per heavy atom. The van der Waals surface area contributed by atoms with Crippen molar-refractivity contribution in [2.24, 2.45) is 47.3 Å². The van der Waals surface area contributed by atoms with Crippen LogP contribution in [0, 0.1) is 47.3 Å². The molecule has 0 N–H and O–H groups in total. The minimum Gasteiger partial charge on any atom is -0.371 e. The van der Waals surface area contributed by atoms with Gasteiger partial charge in [0.15, 0.2) is 0 Å². The lowest BCUT2D eigenvalue weighted by Gasteiger charge is -2.53. The van der Waals surface area contributed by atoms with Crippen molar-refractivity contribution in [2.45, 2.75) is 121 Å². The molecule has 0 radical (unpaired) electrons. The predicted molar refractivity (Wildman–Crippen MR) is 126 cm³/mol. The zero-order chi connectivity index (χ0) is 20.1. The number of nitrogens with zero attached hydrogens (tertiary/aromatic N) is 1. The summed E-state index contributed by atoms with van der Waals surface area (Å²) in [7, 11) is 0. The molecule has 0 spiro atoms. The first-order chi connectivity index (χ1) is 14.8. The summed E-state index contributed by atoms with van der Waals surface area (Å²) in [6.45, 7) is 4.25. The van der Waals surface area contributed by atoms with Crippen molar-refractivity contribution in [2.75, 3.05) is 0 Å². The van der Waals surface area contributed by atoms with Crippen molar-refractivity contribution in [3.05, 3.63) is 12.8 Å². The first kappa shape index (κ1) is 20.2. The van der Waals surface area contributed by atoms with Gasteiger partial charge in [-0.3, -0.25) is 0 Å². The van der Waals surface area contributed by atoms with Crippen LogP contribution in [0.2, 0.25) is 0 Å². The summed E-state index contributed by atoms with van der Waals surface area (Å²) in [6, 6.07) is 1.70. The molecule has 1 nitrogen and oxygen atoms in total. The summed E-state index contributed by atoms with van der Waals surface area (Å²) < 4.78 is 0. The molecule has 0 aromatic rings. The van der Waals surface area contributed by atoms with E-state index in [1.165, 1.54) is 38.5 Å². The van der Waals surface area contributed by atoms with Gasteiger partial charge in [-0.15, -0.1) is 0 Å². The normalized spacial score (nSPS) is 50.7. The molecular weight excluding hydrogens is 362 g/mol. The average Bonchev–Trinajstić information content (AvgIpc) is 3.12. The van der Waals surface area contributed by atoms with E-state index in [4.69, 9.17) is 0 Å². The van der Waals surface area contributed by atoms with E-state index in [9.17, 15) is 0 Å². The highest BCUT2D eigenvalue weighted by Crippen LogP contribution is 2.57. The van der Waals surface area contributed by atoms with Gasteiger partial charge in [0.25, 0.3) is 0 Å². The van der Waals surface area contributed by atoms with Crippen molar-refractivity contribution in [1.29, 1.82) is 0 Å². The highest BCUT2D eigenvalue weighted by Gasteiger charge is 2.51. The zero-order valence-electron chi connectivity index (χ0n) is 19.5. The van der Waals surface area contributed by atoms with Crippen LogP contribution >= 0.6 is 0 Å². The van der Waals surface area contributed by atoms with Gasteiger partial charge in [-0.25, -0.2) is 0 Å². The lowest BCUT2D eigenvalue weighted by Crippen LogP contribution is -2.44. The van der Waals surface area contributed by atoms with Gasteiger partial charge in [-0.2, -0.15) is 0 Å². The molecule has 1 heterocycles. The Bertz CT molecular complexity index is 589. The summed E-state index contributed by atoms with van der Waals surface area (Å²) in [6.07, 6.45) is 28.5. The summed E-state index contributed by atoms with van der Waals surface area (Å²) in [5.41, 5.74) is 0. The molecule has 1 aliphatic heterocycles. The molecule has 9 unspecified atom stereocenters. The largest absolute Gasteiger partial charge is 0.371 e. The van der Waals surface area contributed by atoms with Crippen LogP contribution in [0.25, 0.3) is 0 Å². The number of hydrogen-bond acceptors (Lipinski definition) is 1. The van der Waals surface area contributed by atoms with E-state index < -0.39 is 0 Å². The number of fused-ring (bicyclic) bond motifs is 5. The maximum absolute atomic E-state index is 4.25. The van der Waals surface area contributed by atoms with Gasteiger partial charge in [0.05, 0.1) is 0 Å². The third kappa shape index (κ3) is 3.40. The summed E-state index contributed by atoms with van der Waals surface area (Å²) >= 11 is 0. The third-order valence-electron chi connectivity index (χ3n) is 11.5. The number of rotatable bonds is 3. The first-order valence-electron chi connectivity index (χ1n) is 14.2. The van der Waals surface area contributed by atoms with Crippen LogP contribution in [0.1, 0.15) is 109 Å². The fourth-order valence-electron chi connectivity index (χ4n) is 10.5. The number of likely N-dealkylation sites (tertiary alicyclic amines) is 1. The van der Waals surface area contributed by atoms with E-state index in [0.29, 0.717) is 0 Å². The SMILES string of the molecule is C=CN1C2CCCCC2C2CC(CC3C4CCCCC4CC4CCCCC43)CCC21. The molecule has 5 saturated carbocycles. The van der Waals surface area contributed by atoms with Crippen LogP contribution in [0.4, 0.5) is 0 Å². The van der Waals surface area contributed by atoms with Gasteiger partial charge in [0, 0.05) is 12.1 Å². The molecule has 1 heteroatoms. The molecule has 0 aromatic heterocycles. The molecule has 0 bridgehead atoms. The lowest BCUT2D eigenvalue weighted by molar-refractivity contribution is -0.0278. The van der Waals surface area contributed by atoms with E-state index in [1.807, 2.05) is 0 Å². The Kier molecular flexibility index (Phi) is 5.70. The van der Waals surface area contributed by atoms with Crippen LogP contribution in [0.5, 0.6) is 0 Å². The first-order valence-corrected chi connectivity index (χ1v) is 14.2. The predicted octanol–water partition coefficient (Wildman–Crippen LogP) is 7.81. The quantitative estimate of drug-likeness (QED) is 0.459. The summed E-state index contributed by atoms with van der Waals surface area (Å²) in [5, 5.41) is 0. The molecule has 168 valence electrons. The molecule has 6 fully saturated rings. The van der Waals surface area contributed by atoms with Crippen LogP contribution in [0.3, 0.4) is 0 Å². The topological polar surface area (TPSA) is 3.24 Å². The fraction of sp³-hybridized carbons (Fsp3) is 0.931. The standard InChI is InChI=1S/C29H47N/c1-2-30-28-14-8-7-13-25(28)27-18-20(15-16-29(27)30)17-26-23-11-5-3-9-21(23)19-22-10-4-6-12-24(22)26/h2,20-29H,1,3-19H2. The summed E-state index contributed by atoms with van der Waals surface area (Å²) in [4.78, 5) is 2.76. The highest BCUT2D eigenvalue weighted by molar-refractivity contribution is 5.07. The smallest absolute Gasteiger partial charge is 0.0319 e. The van der Waals surface area contributed by atoms with Crippen LogP contribution in [0.15, 0.2) is 12.8 Å². The molecule has 9 atom stereocenters. The minimum atomic E-state index is 0.850. The Morgan fingerprint density at radius 3 is 1.90 bits per heavy atom. The van der Waals surface area contributed by atoms with Crippen molar-refractivity contribution in [3.63, 3.8) is 0 Å². The van der Waals surface area contributed by atoms with Crippen LogP contribution < -0.4 is 0 Å². The van der Waals surface area contributed by atoms with Gasteiger partial charge in [0.1, 0.15) is 0 Å². The average molecular weight is 410 g/mol. The monoisotopic (exact) mass is 409 g/mol. The van der Waals surface area contributed by atoms with Crippen LogP contribution in [-0.2, 0) is 0 Å². The molecule has 1 saturated heterocycles. The van der Waals surface area contributed by atoms with E-state index >= 15 is 0 Å². The van der Waals surface area contributed by atoms with Crippen LogP contribution in [-0.4, -0.2) is 17.0 Å². The Labute approximate surface area is 186 Å². The van der Waals surface area contributed by atoms with E-state index in [2.05, 4.69) is 17.7 Å². The zero-order valence-corrected chi connectivity index (χ0v) is 19.5. The maximum Gasteiger partial charge on any atom is 0.0319 e. The van der Waals surface area contributed by atoms with E-state index in [0.717, 1.165) is 59.4 Å². The second kappa shape index (κ2) is 8.47. The molecule has 0 amide bonds. The van der Waals surface area contributed by atoms with Crippen molar-refractivity contribution in [3.8, 4) is 0 Å². The van der Waals surface area contributed by atoms with E-state index in [1.54, 1.807) is 70.6 Å². The molecular formula is C29H47N. The van der Waals surface area contributed by atoms with E-state index in [-0.39, 0.29) is 0 Å². The molecule has 6 aliphatic rings. The second-order valence-corrected chi connectivity index (χ2v) is 12.6. The van der Waals surface area contributed by atoms with Gasteiger partial charge in [0.2, 0.25) is 0 Å². The van der Waals surface area contributed by atoms with Gasteiger partial charge < -0.3 is 4.90 Å². The van der Waals surface area contributed by atoms with Gasteiger partial charge in [-0.1, -0.05) is 57.9 Å². The van der Waals surface area contributed by atoms with Crippen molar-refractivity contribution < 1.29 is 0 Å².